The van der Waals surface area contributed by atoms with Gasteiger partial charge in [-0.25, -0.2) is 9.50 Å². The third kappa shape index (κ3) is 4.68. The molecule has 2 aromatic carbocycles. The van der Waals surface area contributed by atoms with Crippen LogP contribution in [0.2, 0.25) is 0 Å². The number of rotatable bonds is 6. The number of nitrogens with one attached hydrogen (secondary N) is 1. The van der Waals surface area contributed by atoms with E-state index < -0.39 is 0 Å². The molecule has 0 unspecified atom stereocenters. The lowest BCUT2D eigenvalue weighted by molar-refractivity contribution is 0.0955. The second-order valence-corrected chi connectivity index (χ2v) is 9.10. The van der Waals surface area contributed by atoms with E-state index in [0.29, 0.717) is 17.8 Å². The normalized spacial score (nSPS) is 11.2. The highest BCUT2D eigenvalue weighted by molar-refractivity contribution is 5.99. The number of carbonyl (C=O) groups is 1. The van der Waals surface area contributed by atoms with Crippen LogP contribution in [0.1, 0.15) is 60.7 Å². The van der Waals surface area contributed by atoms with Crippen LogP contribution in [0.3, 0.4) is 0 Å². The number of aromatic nitrogens is 3. The Morgan fingerprint density at radius 2 is 1.58 bits per heavy atom. The fraction of sp³-hybridized carbons (Fsp3) is 0.321. The maximum absolute atomic E-state index is 12.9. The molecule has 33 heavy (non-hydrogen) atoms. The molecule has 0 aliphatic carbocycles. The van der Waals surface area contributed by atoms with Crippen LogP contribution < -0.4 is 5.32 Å². The average Bonchev–Trinajstić information content (AvgIpc) is 3.18. The summed E-state index contributed by atoms with van der Waals surface area (Å²) >= 11 is 0. The summed E-state index contributed by atoms with van der Waals surface area (Å²) in [4.78, 5) is 17.7. The number of amides is 1. The molecular formula is C28H32N4O. The van der Waals surface area contributed by atoms with Crippen molar-refractivity contribution in [3.8, 4) is 0 Å². The molecule has 170 valence electrons. The van der Waals surface area contributed by atoms with Crippen LogP contribution >= 0.6 is 0 Å². The number of nitrogens with zero attached hydrogens (tertiary/aromatic N) is 3. The molecular weight excluding hydrogens is 408 g/mol. The van der Waals surface area contributed by atoms with Crippen molar-refractivity contribution in [1.29, 1.82) is 0 Å². The lowest BCUT2D eigenvalue weighted by Crippen LogP contribution is -2.25. The van der Waals surface area contributed by atoms with Crippen LogP contribution in [-0.4, -0.2) is 27.0 Å². The molecule has 1 N–H and O–H groups in total. The van der Waals surface area contributed by atoms with E-state index in [0.717, 1.165) is 29.8 Å². The van der Waals surface area contributed by atoms with Gasteiger partial charge in [-0.05, 0) is 75.8 Å². The number of hydrogen-bond acceptors (Lipinski definition) is 3. The number of benzene rings is 2. The third-order valence-electron chi connectivity index (χ3n) is 6.47. The van der Waals surface area contributed by atoms with Crippen LogP contribution in [0.5, 0.6) is 0 Å². The van der Waals surface area contributed by atoms with E-state index >= 15 is 0 Å². The summed E-state index contributed by atoms with van der Waals surface area (Å²) in [5.41, 5.74) is 11.9. The maximum atomic E-state index is 12.9. The molecule has 2 aromatic heterocycles. The van der Waals surface area contributed by atoms with Crippen molar-refractivity contribution in [2.75, 3.05) is 6.54 Å². The van der Waals surface area contributed by atoms with Crippen LogP contribution in [-0.2, 0) is 12.8 Å². The van der Waals surface area contributed by atoms with E-state index in [9.17, 15) is 4.79 Å². The van der Waals surface area contributed by atoms with Crippen LogP contribution in [0.4, 0.5) is 0 Å². The third-order valence-corrected chi connectivity index (χ3v) is 6.47. The predicted octanol–water partition coefficient (Wildman–Crippen LogP) is 5.14. The molecule has 0 atom stereocenters. The van der Waals surface area contributed by atoms with Gasteiger partial charge >= 0.3 is 0 Å². The molecule has 0 aliphatic heterocycles. The second kappa shape index (κ2) is 9.18. The van der Waals surface area contributed by atoms with Crippen molar-refractivity contribution in [3.05, 3.63) is 98.5 Å². The topological polar surface area (TPSA) is 59.3 Å². The van der Waals surface area contributed by atoms with Gasteiger partial charge in [0.05, 0.1) is 6.20 Å². The molecule has 0 saturated heterocycles. The standard InChI is InChI=1S/C28H32N4O/c1-17-7-9-23(10-8-17)11-12-29-28(33)26-16-30-32-22(6)25(21(5)31-27(26)32)15-24-19(3)13-18(2)14-20(24)4/h7-10,13-14,16H,11-12,15H2,1-6H3,(H,29,33). The Bertz CT molecular complexity index is 1310. The smallest absolute Gasteiger partial charge is 0.256 e. The Balaban J connectivity index is 1.56. The zero-order chi connectivity index (χ0) is 23.7. The van der Waals surface area contributed by atoms with Crippen molar-refractivity contribution < 1.29 is 4.79 Å². The summed E-state index contributed by atoms with van der Waals surface area (Å²) < 4.78 is 1.80. The lowest BCUT2D eigenvalue weighted by atomic mass is 9.93. The van der Waals surface area contributed by atoms with Gasteiger partial charge in [0.25, 0.3) is 5.91 Å². The van der Waals surface area contributed by atoms with Crippen LogP contribution in [0.25, 0.3) is 5.65 Å². The maximum Gasteiger partial charge on any atom is 0.256 e. The second-order valence-electron chi connectivity index (χ2n) is 9.10. The number of fused-ring (bicyclic) bond motifs is 1. The minimum absolute atomic E-state index is 0.138. The Labute approximate surface area is 195 Å². The van der Waals surface area contributed by atoms with Gasteiger partial charge in [0, 0.05) is 24.4 Å². The molecule has 5 heteroatoms. The first-order valence-electron chi connectivity index (χ1n) is 11.5. The van der Waals surface area contributed by atoms with E-state index in [2.05, 4.69) is 81.4 Å². The number of aryl methyl sites for hydroxylation is 6. The molecule has 0 spiro atoms. The molecule has 4 rings (SSSR count). The van der Waals surface area contributed by atoms with E-state index in [1.807, 2.05) is 6.92 Å². The molecule has 0 aliphatic rings. The molecule has 2 heterocycles. The van der Waals surface area contributed by atoms with Crippen molar-refractivity contribution >= 4 is 11.6 Å². The van der Waals surface area contributed by atoms with E-state index in [1.165, 1.54) is 33.4 Å². The monoisotopic (exact) mass is 440 g/mol. The zero-order valence-electron chi connectivity index (χ0n) is 20.4. The summed E-state index contributed by atoms with van der Waals surface area (Å²) in [6.45, 7) is 13.2. The molecule has 0 bridgehead atoms. The summed E-state index contributed by atoms with van der Waals surface area (Å²) in [6, 6.07) is 12.8. The predicted molar refractivity (Wildman–Crippen MR) is 133 cm³/mol. The Hall–Kier alpha value is -3.47. The van der Waals surface area contributed by atoms with Crippen molar-refractivity contribution in [2.45, 2.75) is 54.4 Å². The van der Waals surface area contributed by atoms with Crippen molar-refractivity contribution in [3.63, 3.8) is 0 Å². The van der Waals surface area contributed by atoms with Gasteiger partial charge in [0.2, 0.25) is 0 Å². The van der Waals surface area contributed by atoms with E-state index in [1.54, 1.807) is 10.7 Å². The number of carbonyl (C=O) groups excluding carboxylic acids is 1. The first-order chi connectivity index (χ1) is 15.7. The first kappa shape index (κ1) is 22.7. The van der Waals surface area contributed by atoms with Gasteiger partial charge in [-0.15, -0.1) is 0 Å². The lowest BCUT2D eigenvalue weighted by Gasteiger charge is -2.15. The largest absolute Gasteiger partial charge is 0.352 e. The Morgan fingerprint density at radius 3 is 2.24 bits per heavy atom. The van der Waals surface area contributed by atoms with Gasteiger partial charge in [-0.2, -0.15) is 5.10 Å². The fourth-order valence-electron chi connectivity index (χ4n) is 4.56. The van der Waals surface area contributed by atoms with Crippen LogP contribution in [0, 0.1) is 41.5 Å². The first-order valence-corrected chi connectivity index (χ1v) is 11.5. The molecule has 5 nitrogen and oxygen atoms in total. The summed E-state index contributed by atoms with van der Waals surface area (Å²) in [5, 5.41) is 7.53. The summed E-state index contributed by atoms with van der Waals surface area (Å²) in [6.07, 6.45) is 3.22. The van der Waals surface area contributed by atoms with E-state index in [-0.39, 0.29) is 5.91 Å². The zero-order valence-corrected chi connectivity index (χ0v) is 20.4. The summed E-state index contributed by atoms with van der Waals surface area (Å²) in [7, 11) is 0. The van der Waals surface area contributed by atoms with Gasteiger partial charge in [0.1, 0.15) is 5.56 Å². The van der Waals surface area contributed by atoms with Gasteiger partial charge in [-0.3, -0.25) is 4.79 Å². The number of hydrogen-bond donors (Lipinski definition) is 1. The van der Waals surface area contributed by atoms with Crippen molar-refractivity contribution in [2.24, 2.45) is 0 Å². The van der Waals surface area contributed by atoms with Gasteiger partial charge < -0.3 is 5.32 Å². The van der Waals surface area contributed by atoms with Crippen LogP contribution in [0.15, 0.2) is 42.6 Å². The SMILES string of the molecule is Cc1ccc(CCNC(=O)c2cnn3c(C)c(Cc4c(C)cc(C)cc4C)c(C)nc23)cc1. The molecule has 1 amide bonds. The quantitative estimate of drug-likeness (QED) is 0.451. The van der Waals surface area contributed by atoms with Gasteiger partial charge in [0.15, 0.2) is 5.65 Å². The Kier molecular flexibility index (Phi) is 6.32. The molecule has 0 saturated carbocycles. The highest BCUT2D eigenvalue weighted by atomic mass is 16.1. The molecule has 4 aromatic rings. The fourth-order valence-corrected chi connectivity index (χ4v) is 4.56. The highest BCUT2D eigenvalue weighted by Gasteiger charge is 2.19. The van der Waals surface area contributed by atoms with Gasteiger partial charge in [-0.1, -0.05) is 47.5 Å². The minimum Gasteiger partial charge on any atom is -0.352 e. The Morgan fingerprint density at radius 1 is 0.909 bits per heavy atom. The molecule has 0 radical (unpaired) electrons. The average molecular weight is 441 g/mol. The molecule has 0 fully saturated rings. The minimum atomic E-state index is -0.138. The summed E-state index contributed by atoms with van der Waals surface area (Å²) in [5.74, 6) is -0.138. The van der Waals surface area contributed by atoms with E-state index in [4.69, 9.17) is 4.98 Å². The highest BCUT2D eigenvalue weighted by Crippen LogP contribution is 2.24. The van der Waals surface area contributed by atoms with Crippen molar-refractivity contribution in [1.82, 2.24) is 19.9 Å².